The maximum Gasteiger partial charge on any atom is 0.306 e. The summed E-state index contributed by atoms with van der Waals surface area (Å²) >= 11 is 0. The van der Waals surface area contributed by atoms with Crippen LogP contribution in [0.1, 0.15) is 12.8 Å². The third-order valence-corrected chi connectivity index (χ3v) is 3.32. The number of para-hydroxylation sites is 1. The fourth-order valence-corrected chi connectivity index (χ4v) is 2.07. The summed E-state index contributed by atoms with van der Waals surface area (Å²) in [4.78, 5) is 45.2. The molecule has 0 aromatic heterocycles. The van der Waals surface area contributed by atoms with Crippen molar-refractivity contribution in [3.8, 4) is 0 Å². The minimum absolute atomic E-state index is 0.0831. The SMILES string of the molecule is O=C(CCC(=O)OCC(=O)Nc1cccc([N+](=O)[O-])c1)Nc1ccccc1. The van der Waals surface area contributed by atoms with Gasteiger partial charge < -0.3 is 15.4 Å². The molecule has 0 fully saturated rings. The Morgan fingerprint density at radius 1 is 0.889 bits per heavy atom. The van der Waals surface area contributed by atoms with Gasteiger partial charge in [-0.2, -0.15) is 0 Å². The summed E-state index contributed by atoms with van der Waals surface area (Å²) in [5.41, 5.74) is 0.661. The molecule has 0 saturated heterocycles. The second-order valence-electron chi connectivity index (χ2n) is 5.43. The van der Waals surface area contributed by atoms with E-state index in [4.69, 9.17) is 4.74 Å². The highest BCUT2D eigenvalue weighted by Gasteiger charge is 2.12. The number of nitrogens with zero attached hydrogens (tertiary/aromatic N) is 1. The summed E-state index contributed by atoms with van der Waals surface area (Å²) in [5.74, 6) is -1.69. The van der Waals surface area contributed by atoms with E-state index in [1.54, 1.807) is 24.3 Å². The van der Waals surface area contributed by atoms with Gasteiger partial charge in [-0.3, -0.25) is 24.5 Å². The lowest BCUT2D eigenvalue weighted by atomic mass is 10.2. The molecule has 2 rings (SSSR count). The van der Waals surface area contributed by atoms with Gasteiger partial charge in [0.15, 0.2) is 6.61 Å². The number of hydrogen-bond acceptors (Lipinski definition) is 6. The van der Waals surface area contributed by atoms with E-state index in [-0.39, 0.29) is 30.1 Å². The molecule has 0 atom stereocenters. The molecule has 0 unspecified atom stereocenters. The first kappa shape index (κ1) is 19.6. The summed E-state index contributed by atoms with van der Waals surface area (Å²) < 4.78 is 4.79. The van der Waals surface area contributed by atoms with Crippen LogP contribution < -0.4 is 10.6 Å². The Morgan fingerprint density at radius 3 is 2.26 bits per heavy atom. The third kappa shape index (κ3) is 6.94. The van der Waals surface area contributed by atoms with Crippen LogP contribution in [-0.4, -0.2) is 29.3 Å². The van der Waals surface area contributed by atoms with Crippen molar-refractivity contribution in [3.63, 3.8) is 0 Å². The number of rotatable bonds is 8. The van der Waals surface area contributed by atoms with Gasteiger partial charge in [0.25, 0.3) is 11.6 Å². The lowest BCUT2D eigenvalue weighted by molar-refractivity contribution is -0.384. The fraction of sp³-hybridized carbons (Fsp3) is 0.167. The number of hydrogen-bond donors (Lipinski definition) is 2. The maximum atomic E-state index is 11.7. The average Bonchev–Trinajstić information content (AvgIpc) is 2.65. The molecule has 140 valence electrons. The lowest BCUT2D eigenvalue weighted by Gasteiger charge is -2.07. The molecule has 0 heterocycles. The third-order valence-electron chi connectivity index (χ3n) is 3.32. The zero-order valence-electron chi connectivity index (χ0n) is 14.2. The van der Waals surface area contributed by atoms with E-state index in [9.17, 15) is 24.5 Å². The molecule has 9 nitrogen and oxygen atoms in total. The predicted octanol–water partition coefficient (Wildman–Crippen LogP) is 2.50. The Labute approximate surface area is 154 Å². The molecule has 0 saturated carbocycles. The summed E-state index contributed by atoms with van der Waals surface area (Å²) in [7, 11) is 0. The normalized spacial score (nSPS) is 9.93. The lowest BCUT2D eigenvalue weighted by Crippen LogP contribution is -2.21. The van der Waals surface area contributed by atoms with Gasteiger partial charge in [0.2, 0.25) is 5.91 Å². The number of benzene rings is 2. The van der Waals surface area contributed by atoms with E-state index in [0.29, 0.717) is 5.69 Å². The van der Waals surface area contributed by atoms with E-state index in [0.717, 1.165) is 0 Å². The Balaban J connectivity index is 1.70. The summed E-state index contributed by atoms with van der Waals surface area (Å²) in [6.45, 7) is -0.554. The van der Waals surface area contributed by atoms with Crippen molar-refractivity contribution in [1.82, 2.24) is 0 Å². The molecule has 0 spiro atoms. The van der Waals surface area contributed by atoms with Gasteiger partial charge in [0.1, 0.15) is 0 Å². The van der Waals surface area contributed by atoms with Crippen LogP contribution in [0.5, 0.6) is 0 Å². The summed E-state index contributed by atoms with van der Waals surface area (Å²) in [6, 6.07) is 14.2. The Kier molecular flexibility index (Phi) is 7.00. The smallest absolute Gasteiger partial charge is 0.306 e. The van der Waals surface area contributed by atoms with Crippen LogP contribution in [-0.2, 0) is 19.1 Å². The first-order chi connectivity index (χ1) is 12.9. The van der Waals surface area contributed by atoms with Crippen molar-refractivity contribution >= 4 is 34.8 Å². The van der Waals surface area contributed by atoms with Gasteiger partial charge in [0.05, 0.1) is 11.3 Å². The van der Waals surface area contributed by atoms with Crippen molar-refractivity contribution in [2.24, 2.45) is 0 Å². The number of carbonyl (C=O) groups excluding carboxylic acids is 3. The number of amides is 2. The number of nitro groups is 1. The molecule has 2 N–H and O–H groups in total. The van der Waals surface area contributed by atoms with Gasteiger partial charge in [-0.05, 0) is 18.2 Å². The fourth-order valence-electron chi connectivity index (χ4n) is 2.07. The number of ether oxygens (including phenoxy) is 1. The van der Waals surface area contributed by atoms with E-state index < -0.39 is 23.4 Å². The van der Waals surface area contributed by atoms with Crippen LogP contribution >= 0.6 is 0 Å². The molecule has 0 aliphatic rings. The number of nitrogens with one attached hydrogen (secondary N) is 2. The Bertz CT molecular complexity index is 838. The molecular formula is C18H17N3O6. The zero-order valence-corrected chi connectivity index (χ0v) is 14.2. The number of non-ortho nitro benzene ring substituents is 1. The van der Waals surface area contributed by atoms with E-state index in [1.807, 2.05) is 6.07 Å². The van der Waals surface area contributed by atoms with Crippen molar-refractivity contribution in [1.29, 1.82) is 0 Å². The molecule has 2 amide bonds. The van der Waals surface area contributed by atoms with Crippen LogP contribution in [0.2, 0.25) is 0 Å². The minimum Gasteiger partial charge on any atom is -0.456 e. The maximum absolute atomic E-state index is 11.7. The monoisotopic (exact) mass is 371 g/mol. The highest BCUT2D eigenvalue weighted by atomic mass is 16.6. The number of carbonyl (C=O) groups is 3. The van der Waals surface area contributed by atoms with E-state index in [2.05, 4.69) is 10.6 Å². The van der Waals surface area contributed by atoms with Crippen LogP contribution in [0.4, 0.5) is 17.1 Å². The zero-order chi connectivity index (χ0) is 19.6. The van der Waals surface area contributed by atoms with Crippen molar-refractivity contribution < 1.29 is 24.0 Å². The molecule has 0 aliphatic heterocycles. The first-order valence-electron chi connectivity index (χ1n) is 7.99. The van der Waals surface area contributed by atoms with Gasteiger partial charge in [-0.15, -0.1) is 0 Å². The number of anilines is 2. The standard InChI is InChI=1S/C18H17N3O6/c22-16(19-13-5-2-1-3-6-13)9-10-18(24)27-12-17(23)20-14-7-4-8-15(11-14)21(25)26/h1-8,11H,9-10,12H2,(H,19,22)(H,20,23). The molecule has 0 aliphatic carbocycles. The predicted molar refractivity (Wildman–Crippen MR) is 97.0 cm³/mol. The van der Waals surface area contributed by atoms with Gasteiger partial charge >= 0.3 is 5.97 Å². The van der Waals surface area contributed by atoms with Crippen LogP contribution in [0, 0.1) is 10.1 Å². The van der Waals surface area contributed by atoms with Crippen molar-refractivity contribution in [2.45, 2.75) is 12.8 Å². The van der Waals surface area contributed by atoms with Crippen LogP contribution in [0.15, 0.2) is 54.6 Å². The molecule has 0 bridgehead atoms. The second-order valence-corrected chi connectivity index (χ2v) is 5.43. The van der Waals surface area contributed by atoms with Crippen molar-refractivity contribution in [3.05, 3.63) is 64.7 Å². The first-order valence-corrected chi connectivity index (χ1v) is 7.99. The summed E-state index contributed by atoms with van der Waals surface area (Å²) in [5, 5.41) is 15.7. The van der Waals surface area contributed by atoms with Gasteiger partial charge in [0, 0.05) is 29.9 Å². The average molecular weight is 371 g/mol. The number of nitro benzene ring substituents is 1. The molecule has 27 heavy (non-hydrogen) atoms. The Morgan fingerprint density at radius 2 is 1.56 bits per heavy atom. The number of esters is 1. The van der Waals surface area contributed by atoms with Crippen molar-refractivity contribution in [2.75, 3.05) is 17.2 Å². The molecule has 2 aromatic rings. The highest BCUT2D eigenvalue weighted by Crippen LogP contribution is 2.16. The topological polar surface area (TPSA) is 128 Å². The summed E-state index contributed by atoms with van der Waals surface area (Å²) in [6.07, 6.45) is -0.261. The van der Waals surface area contributed by atoms with Crippen LogP contribution in [0.3, 0.4) is 0 Å². The minimum atomic E-state index is -0.701. The van der Waals surface area contributed by atoms with Crippen LogP contribution in [0.25, 0.3) is 0 Å². The van der Waals surface area contributed by atoms with Gasteiger partial charge in [-0.25, -0.2) is 0 Å². The van der Waals surface area contributed by atoms with E-state index in [1.165, 1.54) is 24.3 Å². The molecule has 0 radical (unpaired) electrons. The quantitative estimate of drug-likeness (QED) is 0.417. The largest absolute Gasteiger partial charge is 0.456 e. The van der Waals surface area contributed by atoms with Gasteiger partial charge in [-0.1, -0.05) is 24.3 Å². The molecular weight excluding hydrogens is 354 g/mol. The molecule has 2 aromatic carbocycles. The van der Waals surface area contributed by atoms with E-state index >= 15 is 0 Å². The Hall–Kier alpha value is -3.75. The molecule has 9 heteroatoms. The highest BCUT2D eigenvalue weighted by molar-refractivity contribution is 5.94. The second kappa shape index (κ2) is 9.66.